The first-order chi connectivity index (χ1) is 15.3. The van der Waals surface area contributed by atoms with E-state index in [2.05, 4.69) is 27.1 Å². The fraction of sp³-hybridized carbons (Fsp3) is 0.375. The number of piperidine rings is 1. The molecule has 8 heteroatoms. The third-order valence-corrected chi connectivity index (χ3v) is 6.76. The Kier molecular flexibility index (Phi) is 4.97. The van der Waals surface area contributed by atoms with Crippen LogP contribution in [0, 0.1) is 6.92 Å². The maximum absolute atomic E-state index is 15.2. The van der Waals surface area contributed by atoms with Crippen LogP contribution in [0.5, 0.6) is 11.6 Å². The number of rotatable bonds is 4. The lowest BCUT2D eigenvalue weighted by molar-refractivity contribution is -0.00940. The number of ether oxygens (including phenoxy) is 1. The number of aromatic nitrogens is 4. The molecule has 0 saturated carbocycles. The minimum Gasteiger partial charge on any atom is -0.507 e. The molecule has 2 aromatic heterocycles. The number of nitrogens with zero attached hydrogens (tertiary/aromatic N) is 5. The Morgan fingerprint density at radius 3 is 2.53 bits per heavy atom. The van der Waals surface area contributed by atoms with Crippen LogP contribution in [0.4, 0.5) is 4.39 Å². The lowest BCUT2D eigenvalue weighted by atomic mass is 9.95. The third-order valence-electron chi connectivity index (χ3n) is 6.76. The highest BCUT2D eigenvalue weighted by molar-refractivity contribution is 5.68. The first kappa shape index (κ1) is 20.6. The van der Waals surface area contributed by atoms with Crippen molar-refractivity contribution in [2.75, 3.05) is 7.05 Å². The summed E-state index contributed by atoms with van der Waals surface area (Å²) in [5.41, 5.74) is 5.03. The van der Waals surface area contributed by atoms with Gasteiger partial charge >= 0.3 is 0 Å². The fourth-order valence-electron chi connectivity index (χ4n) is 4.89. The molecule has 166 valence electrons. The van der Waals surface area contributed by atoms with E-state index < -0.39 is 12.3 Å². The number of likely N-dealkylation sites (N-methyl/N-ethyl adjacent to an activating group) is 1. The van der Waals surface area contributed by atoms with Gasteiger partial charge in [0.15, 0.2) is 6.17 Å². The highest BCUT2D eigenvalue weighted by atomic mass is 19.1. The monoisotopic (exact) mass is 435 g/mol. The molecule has 2 aliphatic heterocycles. The van der Waals surface area contributed by atoms with Crippen LogP contribution in [0.2, 0.25) is 0 Å². The zero-order chi connectivity index (χ0) is 22.6. The van der Waals surface area contributed by atoms with Crippen molar-refractivity contribution < 1.29 is 14.2 Å². The number of benzene rings is 1. The number of halogens is 1. The molecule has 4 atom stereocenters. The predicted molar refractivity (Wildman–Crippen MR) is 119 cm³/mol. The molecule has 1 aromatic carbocycles. The summed E-state index contributed by atoms with van der Waals surface area (Å²) in [5, 5.41) is 23.2. The normalized spacial score (nSPS) is 25.4. The molecular formula is C24H26FN5O2. The smallest absolute Gasteiger partial charge is 0.233 e. The zero-order valence-corrected chi connectivity index (χ0v) is 18.5. The highest BCUT2D eigenvalue weighted by Crippen LogP contribution is 2.41. The quantitative estimate of drug-likeness (QED) is 0.628. The summed E-state index contributed by atoms with van der Waals surface area (Å²) in [5.74, 6) is 0.357. The second kappa shape index (κ2) is 7.70. The van der Waals surface area contributed by atoms with Crippen molar-refractivity contribution in [3.8, 4) is 28.6 Å². The van der Waals surface area contributed by atoms with E-state index >= 15 is 4.39 Å². The minimum absolute atomic E-state index is 0.0753. The summed E-state index contributed by atoms with van der Waals surface area (Å²) in [6.45, 7) is 5.99. The van der Waals surface area contributed by atoms with Gasteiger partial charge in [0, 0.05) is 36.4 Å². The second-order valence-corrected chi connectivity index (χ2v) is 8.69. The Morgan fingerprint density at radius 2 is 1.88 bits per heavy atom. The Bertz CT molecular complexity index is 1190. The second-order valence-electron chi connectivity index (χ2n) is 8.69. The SMILES string of the molecule is CC1=C(C)C2C(F)C(Oc3ccc(-c4ccc(-n5ccc(C)n5)cc4O)nn3)CC1N2C. The molecule has 0 spiro atoms. The topological polar surface area (TPSA) is 76.3 Å². The Labute approximate surface area is 186 Å². The first-order valence-electron chi connectivity index (χ1n) is 10.7. The molecule has 1 saturated heterocycles. The summed E-state index contributed by atoms with van der Waals surface area (Å²) < 4.78 is 22.8. The Hall–Kier alpha value is -3.26. The van der Waals surface area contributed by atoms with Crippen LogP contribution in [-0.2, 0) is 0 Å². The molecule has 4 heterocycles. The summed E-state index contributed by atoms with van der Waals surface area (Å²) in [6.07, 6.45) is 0.717. The van der Waals surface area contributed by atoms with E-state index in [4.69, 9.17) is 4.74 Å². The van der Waals surface area contributed by atoms with Crippen molar-refractivity contribution >= 4 is 0 Å². The lowest BCUT2D eigenvalue weighted by Crippen LogP contribution is -2.54. The molecule has 1 fully saturated rings. The van der Waals surface area contributed by atoms with Crippen molar-refractivity contribution in [3.63, 3.8) is 0 Å². The van der Waals surface area contributed by atoms with Crippen molar-refractivity contribution in [1.82, 2.24) is 24.9 Å². The standard InChI is InChI=1S/C24H26FN5O2/c1-13-9-10-30(28-13)16-5-6-17(20(31)11-16)18-7-8-22(27-26-18)32-21-12-19-14(2)15(3)24(23(21)25)29(19)4/h5-11,19,21,23-24,31H,12H2,1-4H3. The van der Waals surface area contributed by atoms with Crippen LogP contribution in [0.3, 0.4) is 0 Å². The van der Waals surface area contributed by atoms with Crippen LogP contribution < -0.4 is 4.74 Å². The summed E-state index contributed by atoms with van der Waals surface area (Å²) in [6, 6.07) is 10.5. The number of phenolic OH excluding ortho intramolecular Hbond substituents is 1. The van der Waals surface area contributed by atoms with Crippen molar-refractivity contribution in [2.45, 2.75) is 51.6 Å². The van der Waals surface area contributed by atoms with E-state index in [1.54, 1.807) is 28.9 Å². The summed E-state index contributed by atoms with van der Waals surface area (Å²) in [4.78, 5) is 2.10. The zero-order valence-electron chi connectivity index (χ0n) is 18.5. The molecule has 0 radical (unpaired) electrons. The van der Waals surface area contributed by atoms with Gasteiger partial charge in [-0.05, 0) is 52.1 Å². The molecule has 2 bridgehead atoms. The van der Waals surface area contributed by atoms with Gasteiger partial charge in [0.05, 0.1) is 23.1 Å². The maximum atomic E-state index is 15.2. The van der Waals surface area contributed by atoms with Gasteiger partial charge in [-0.1, -0.05) is 11.1 Å². The minimum atomic E-state index is -1.13. The van der Waals surface area contributed by atoms with Crippen molar-refractivity contribution in [2.24, 2.45) is 0 Å². The van der Waals surface area contributed by atoms with Crippen LogP contribution in [-0.4, -0.2) is 61.4 Å². The van der Waals surface area contributed by atoms with Gasteiger partial charge in [-0.15, -0.1) is 10.2 Å². The summed E-state index contributed by atoms with van der Waals surface area (Å²) in [7, 11) is 1.97. The van der Waals surface area contributed by atoms with Gasteiger partial charge in [-0.25, -0.2) is 9.07 Å². The molecule has 0 aliphatic carbocycles. The average molecular weight is 436 g/mol. The van der Waals surface area contributed by atoms with E-state index in [9.17, 15) is 5.11 Å². The Balaban J connectivity index is 1.32. The molecule has 5 rings (SSSR count). The predicted octanol–water partition coefficient (Wildman–Crippen LogP) is 3.85. The van der Waals surface area contributed by atoms with Crippen molar-refractivity contribution in [3.05, 3.63) is 59.4 Å². The first-order valence-corrected chi connectivity index (χ1v) is 10.7. The number of alkyl halides is 1. The molecule has 4 unspecified atom stereocenters. The number of aryl methyl sites for hydroxylation is 1. The van der Waals surface area contributed by atoms with Gasteiger partial charge in [0.25, 0.3) is 0 Å². The molecule has 1 N–H and O–H groups in total. The number of aromatic hydroxyl groups is 1. The number of phenols is 1. The van der Waals surface area contributed by atoms with E-state index in [0.29, 0.717) is 17.7 Å². The Morgan fingerprint density at radius 1 is 1.06 bits per heavy atom. The fourth-order valence-corrected chi connectivity index (χ4v) is 4.89. The van der Waals surface area contributed by atoms with E-state index in [-0.39, 0.29) is 23.7 Å². The lowest BCUT2D eigenvalue weighted by Gasteiger charge is -2.40. The molecule has 0 amide bonds. The van der Waals surface area contributed by atoms with Crippen LogP contribution in [0.25, 0.3) is 16.9 Å². The number of fused-ring (bicyclic) bond motifs is 2. The van der Waals surface area contributed by atoms with Crippen LogP contribution in [0.1, 0.15) is 26.0 Å². The molecule has 7 nitrogen and oxygen atoms in total. The number of hydrogen-bond donors (Lipinski definition) is 1. The average Bonchev–Trinajstić information content (AvgIpc) is 3.27. The van der Waals surface area contributed by atoms with E-state index in [1.165, 1.54) is 5.57 Å². The van der Waals surface area contributed by atoms with Gasteiger partial charge in [-0.3, -0.25) is 4.90 Å². The van der Waals surface area contributed by atoms with Crippen LogP contribution in [0.15, 0.2) is 53.7 Å². The number of hydrogen-bond acceptors (Lipinski definition) is 6. The van der Waals surface area contributed by atoms with Gasteiger partial charge in [-0.2, -0.15) is 5.10 Å². The highest BCUT2D eigenvalue weighted by Gasteiger charge is 2.49. The van der Waals surface area contributed by atoms with Crippen molar-refractivity contribution in [1.29, 1.82) is 0 Å². The van der Waals surface area contributed by atoms with E-state index in [1.807, 2.05) is 39.2 Å². The largest absolute Gasteiger partial charge is 0.507 e. The molecule has 32 heavy (non-hydrogen) atoms. The molecular weight excluding hydrogens is 409 g/mol. The van der Waals surface area contributed by atoms with E-state index in [0.717, 1.165) is 17.0 Å². The molecule has 3 aromatic rings. The van der Waals surface area contributed by atoms with Gasteiger partial charge in [0.2, 0.25) is 5.88 Å². The van der Waals surface area contributed by atoms with Gasteiger partial charge < -0.3 is 9.84 Å². The van der Waals surface area contributed by atoms with Gasteiger partial charge in [0.1, 0.15) is 11.9 Å². The third kappa shape index (κ3) is 3.35. The molecule has 2 aliphatic rings. The van der Waals surface area contributed by atoms with Crippen LogP contribution >= 0.6 is 0 Å². The summed E-state index contributed by atoms with van der Waals surface area (Å²) >= 11 is 0. The maximum Gasteiger partial charge on any atom is 0.233 e.